The number of hydrogen-bond acceptors (Lipinski definition) is 2. The molecule has 1 unspecified atom stereocenters. The molecule has 0 saturated heterocycles. The van der Waals surface area contributed by atoms with Crippen molar-refractivity contribution >= 4 is 15.9 Å². The second-order valence-electron chi connectivity index (χ2n) is 5.84. The van der Waals surface area contributed by atoms with Gasteiger partial charge in [-0.2, -0.15) is 5.10 Å². The van der Waals surface area contributed by atoms with Gasteiger partial charge < -0.3 is 5.32 Å². The van der Waals surface area contributed by atoms with Crippen LogP contribution in [0.5, 0.6) is 0 Å². The van der Waals surface area contributed by atoms with Gasteiger partial charge in [0.05, 0.1) is 6.20 Å². The van der Waals surface area contributed by atoms with Crippen molar-refractivity contribution in [2.45, 2.75) is 44.7 Å². The summed E-state index contributed by atoms with van der Waals surface area (Å²) in [5.41, 5.74) is 2.72. The van der Waals surface area contributed by atoms with Gasteiger partial charge in [0.25, 0.3) is 0 Å². The van der Waals surface area contributed by atoms with Crippen LogP contribution in [0.4, 0.5) is 0 Å². The first-order valence-corrected chi connectivity index (χ1v) is 8.54. The molecule has 0 amide bonds. The quantitative estimate of drug-likeness (QED) is 0.826. The Hall–Kier alpha value is -1.13. The number of nitrogens with zero attached hydrogens (tertiary/aromatic N) is 2. The van der Waals surface area contributed by atoms with E-state index in [1.165, 1.54) is 24.0 Å². The summed E-state index contributed by atoms with van der Waals surface area (Å²) < 4.78 is 3.14. The Morgan fingerprint density at radius 3 is 2.71 bits per heavy atom. The van der Waals surface area contributed by atoms with Crippen LogP contribution in [0, 0.1) is 0 Å². The minimum Gasteiger partial charge on any atom is -0.313 e. The topological polar surface area (TPSA) is 29.9 Å². The van der Waals surface area contributed by atoms with Crippen LogP contribution >= 0.6 is 15.9 Å². The van der Waals surface area contributed by atoms with Gasteiger partial charge in [-0.3, -0.25) is 4.68 Å². The van der Waals surface area contributed by atoms with Crippen molar-refractivity contribution in [1.82, 2.24) is 15.1 Å². The first kappa shape index (κ1) is 14.8. The smallest absolute Gasteiger partial charge is 0.0521 e. The van der Waals surface area contributed by atoms with Gasteiger partial charge in [-0.05, 0) is 49.4 Å². The van der Waals surface area contributed by atoms with Crippen LogP contribution in [-0.4, -0.2) is 22.4 Å². The molecule has 1 aromatic carbocycles. The average molecular weight is 348 g/mol. The number of halogens is 1. The zero-order valence-electron chi connectivity index (χ0n) is 12.4. The first-order chi connectivity index (χ1) is 10.2. The van der Waals surface area contributed by atoms with Crippen LogP contribution in [0.25, 0.3) is 0 Å². The summed E-state index contributed by atoms with van der Waals surface area (Å²) >= 11 is 3.52. The molecule has 1 aromatic heterocycles. The Labute approximate surface area is 134 Å². The van der Waals surface area contributed by atoms with Crippen LogP contribution in [0.1, 0.15) is 36.8 Å². The number of aromatic nitrogens is 2. The van der Waals surface area contributed by atoms with Gasteiger partial charge in [0, 0.05) is 35.7 Å². The van der Waals surface area contributed by atoms with E-state index in [-0.39, 0.29) is 0 Å². The summed E-state index contributed by atoms with van der Waals surface area (Å²) in [6.07, 6.45) is 7.89. The second kappa shape index (κ2) is 6.75. The van der Waals surface area contributed by atoms with Crippen molar-refractivity contribution in [3.05, 3.63) is 52.3 Å². The van der Waals surface area contributed by atoms with Crippen LogP contribution in [-0.2, 0) is 13.0 Å². The minimum atomic E-state index is 0.508. The molecule has 2 aromatic rings. The molecule has 1 saturated carbocycles. The summed E-state index contributed by atoms with van der Waals surface area (Å²) in [7, 11) is 0. The van der Waals surface area contributed by atoms with Gasteiger partial charge in [0.1, 0.15) is 0 Å². The van der Waals surface area contributed by atoms with E-state index in [2.05, 4.69) is 63.7 Å². The molecular weight excluding hydrogens is 326 g/mol. The van der Waals surface area contributed by atoms with Crippen molar-refractivity contribution in [2.75, 3.05) is 6.54 Å². The van der Waals surface area contributed by atoms with E-state index in [0.29, 0.717) is 5.92 Å². The zero-order chi connectivity index (χ0) is 14.7. The summed E-state index contributed by atoms with van der Waals surface area (Å²) in [5.74, 6) is 0.508. The molecule has 0 spiro atoms. The largest absolute Gasteiger partial charge is 0.313 e. The van der Waals surface area contributed by atoms with Gasteiger partial charge in [-0.1, -0.05) is 28.1 Å². The molecule has 21 heavy (non-hydrogen) atoms. The molecule has 0 radical (unpaired) electrons. The minimum absolute atomic E-state index is 0.508. The van der Waals surface area contributed by atoms with E-state index >= 15 is 0 Å². The van der Waals surface area contributed by atoms with Gasteiger partial charge >= 0.3 is 0 Å². The van der Waals surface area contributed by atoms with Gasteiger partial charge in [-0.25, -0.2) is 0 Å². The van der Waals surface area contributed by atoms with E-state index in [9.17, 15) is 0 Å². The normalized spacial score (nSPS) is 16.1. The average Bonchev–Trinajstić information content (AvgIpc) is 3.22. The van der Waals surface area contributed by atoms with Crippen LogP contribution in [0.15, 0.2) is 41.1 Å². The lowest BCUT2D eigenvalue weighted by Gasteiger charge is -2.17. The highest BCUT2D eigenvalue weighted by Gasteiger charge is 2.22. The molecule has 1 aliphatic carbocycles. The molecule has 1 aliphatic rings. The monoisotopic (exact) mass is 347 g/mol. The predicted molar refractivity (Wildman–Crippen MR) is 89.5 cm³/mol. The Morgan fingerprint density at radius 2 is 2.10 bits per heavy atom. The van der Waals surface area contributed by atoms with Crippen LogP contribution in [0.3, 0.4) is 0 Å². The fourth-order valence-electron chi connectivity index (χ4n) is 2.61. The third-order valence-electron chi connectivity index (χ3n) is 4.06. The van der Waals surface area contributed by atoms with Crippen LogP contribution in [0.2, 0.25) is 0 Å². The number of aryl methyl sites for hydroxylation is 1. The summed E-state index contributed by atoms with van der Waals surface area (Å²) in [6.45, 7) is 4.10. The Balaban J connectivity index is 1.72. The lowest BCUT2D eigenvalue weighted by Crippen LogP contribution is -2.24. The van der Waals surface area contributed by atoms with Crippen molar-refractivity contribution in [3.63, 3.8) is 0 Å². The molecular formula is C17H22BrN3. The number of nitrogens with one attached hydrogen (secondary N) is 1. The maximum Gasteiger partial charge on any atom is 0.0521 e. The highest BCUT2D eigenvalue weighted by atomic mass is 79.9. The third kappa shape index (κ3) is 4.17. The van der Waals surface area contributed by atoms with Crippen molar-refractivity contribution < 1.29 is 0 Å². The number of rotatable bonds is 7. The van der Waals surface area contributed by atoms with E-state index in [4.69, 9.17) is 0 Å². The second-order valence-corrected chi connectivity index (χ2v) is 6.76. The fourth-order valence-corrected chi connectivity index (χ4v) is 2.87. The molecule has 0 bridgehead atoms. The maximum absolute atomic E-state index is 4.39. The van der Waals surface area contributed by atoms with Crippen molar-refractivity contribution in [2.24, 2.45) is 0 Å². The molecule has 1 heterocycles. The molecule has 1 atom stereocenters. The summed E-state index contributed by atoms with van der Waals surface area (Å²) in [6, 6.07) is 9.48. The fraction of sp³-hybridized carbons (Fsp3) is 0.471. The lowest BCUT2D eigenvalue weighted by atomic mass is 9.93. The molecule has 112 valence electrons. The number of hydrogen-bond donors (Lipinski definition) is 1. The maximum atomic E-state index is 4.39. The molecule has 3 rings (SSSR count). The predicted octanol–water partition coefficient (Wildman–Crippen LogP) is 3.74. The van der Waals surface area contributed by atoms with E-state index in [1.807, 2.05) is 10.9 Å². The van der Waals surface area contributed by atoms with Gasteiger partial charge in [0.15, 0.2) is 0 Å². The number of benzene rings is 1. The Bertz CT molecular complexity index is 572. The highest BCUT2D eigenvalue weighted by Crippen LogP contribution is 2.25. The highest BCUT2D eigenvalue weighted by molar-refractivity contribution is 9.10. The molecule has 3 nitrogen and oxygen atoms in total. The SMILES string of the molecule is CCn1cc(CC(CNC2CC2)c2ccc(Br)cc2)cn1. The van der Waals surface area contributed by atoms with E-state index < -0.39 is 0 Å². The Kier molecular flexibility index (Phi) is 4.76. The lowest BCUT2D eigenvalue weighted by molar-refractivity contribution is 0.576. The zero-order valence-corrected chi connectivity index (χ0v) is 14.0. The van der Waals surface area contributed by atoms with E-state index in [1.54, 1.807) is 0 Å². The first-order valence-electron chi connectivity index (χ1n) is 7.74. The third-order valence-corrected chi connectivity index (χ3v) is 4.59. The van der Waals surface area contributed by atoms with Crippen molar-refractivity contribution in [1.29, 1.82) is 0 Å². The van der Waals surface area contributed by atoms with Crippen LogP contribution < -0.4 is 5.32 Å². The molecule has 4 heteroatoms. The molecule has 1 fully saturated rings. The summed E-state index contributed by atoms with van der Waals surface area (Å²) in [4.78, 5) is 0. The Morgan fingerprint density at radius 1 is 1.33 bits per heavy atom. The molecule has 0 aliphatic heterocycles. The molecule has 1 N–H and O–H groups in total. The standard InChI is InChI=1S/C17H22BrN3/c1-2-21-12-13(10-20-21)9-15(11-19-17-7-8-17)14-3-5-16(18)6-4-14/h3-6,10,12,15,17,19H,2,7-9,11H2,1H3. The van der Waals surface area contributed by atoms with Gasteiger partial charge in [-0.15, -0.1) is 0 Å². The van der Waals surface area contributed by atoms with Crippen molar-refractivity contribution in [3.8, 4) is 0 Å². The van der Waals surface area contributed by atoms with Gasteiger partial charge in [0.2, 0.25) is 0 Å². The summed E-state index contributed by atoms with van der Waals surface area (Å²) in [5, 5.41) is 8.06. The van der Waals surface area contributed by atoms with E-state index in [0.717, 1.165) is 30.0 Å².